The van der Waals surface area contributed by atoms with Crippen LogP contribution in [-0.4, -0.2) is 14.1 Å². The highest BCUT2D eigenvalue weighted by molar-refractivity contribution is 6.01. The number of benzene rings is 8. The van der Waals surface area contributed by atoms with Crippen LogP contribution in [0.3, 0.4) is 0 Å². The van der Waals surface area contributed by atoms with E-state index in [0.29, 0.717) is 22.7 Å². The minimum Gasteiger partial charge on any atom is -0.388 e. The van der Waals surface area contributed by atoms with Crippen molar-refractivity contribution in [1.29, 1.82) is 0 Å². The second kappa shape index (κ2) is 18.4. The van der Waals surface area contributed by atoms with Crippen LogP contribution < -0.4 is 10.6 Å². The summed E-state index contributed by atoms with van der Waals surface area (Å²) in [6.07, 6.45) is 0. The summed E-state index contributed by atoms with van der Waals surface area (Å²) in [4.78, 5) is 0. The zero-order valence-electron chi connectivity index (χ0n) is 35.3. The Balaban J connectivity index is 0.873. The molecule has 8 aromatic carbocycles. The normalized spacial score (nSPS) is 12.0. The Morgan fingerprint density at radius 2 is 0.532 bits per heavy atom. The summed E-state index contributed by atoms with van der Waals surface area (Å²) in [5, 5.41) is 56.0. The summed E-state index contributed by atoms with van der Waals surface area (Å²) in [7, 11) is 3.83. The van der Waals surface area contributed by atoms with Gasteiger partial charge in [0, 0.05) is 47.0 Å². The van der Waals surface area contributed by atoms with Gasteiger partial charge in [0.25, 0.3) is 0 Å². The van der Waals surface area contributed by atoms with Gasteiger partial charge >= 0.3 is 0 Å². The second-order valence-electron chi connectivity index (χ2n) is 14.7. The van der Waals surface area contributed by atoms with E-state index >= 15 is 0 Å². The van der Waals surface area contributed by atoms with Crippen molar-refractivity contribution in [1.82, 2.24) is 0 Å². The molecule has 0 aliphatic rings. The molecular weight excluding hydrogens is 769 g/mol. The minimum absolute atomic E-state index is 0.691. The predicted octanol–water partition coefficient (Wildman–Crippen LogP) is 17.4. The van der Waals surface area contributed by atoms with Crippen LogP contribution in [0.5, 0.6) is 0 Å². The lowest BCUT2D eigenvalue weighted by Crippen LogP contribution is -1.88. The SMILES string of the molecule is CNc1ccc(N=Nc2cc(C)c(N=Nc3ccc(/N=N/c4ccc(N=Nc5cc(C)c(N=Nc6ccc(NC)c7ccccc67)cc5C)cc4)cc3)cc2C)c2ccccc12. The first-order valence-corrected chi connectivity index (χ1v) is 20.2. The van der Waals surface area contributed by atoms with Crippen molar-refractivity contribution >= 4 is 89.8 Å². The molecule has 0 spiro atoms. The molecule has 0 fully saturated rings. The van der Waals surface area contributed by atoms with Crippen molar-refractivity contribution in [2.45, 2.75) is 27.7 Å². The van der Waals surface area contributed by atoms with E-state index < -0.39 is 0 Å². The highest BCUT2D eigenvalue weighted by atomic mass is 15.1. The van der Waals surface area contributed by atoms with Gasteiger partial charge in [-0.15, -0.1) is 10.2 Å². The zero-order valence-corrected chi connectivity index (χ0v) is 35.3. The van der Waals surface area contributed by atoms with E-state index in [9.17, 15) is 0 Å². The third-order valence-electron chi connectivity index (χ3n) is 10.4. The lowest BCUT2D eigenvalue weighted by atomic mass is 10.1. The van der Waals surface area contributed by atoms with Crippen LogP contribution in [0.25, 0.3) is 21.5 Å². The first kappa shape index (κ1) is 40.7. The first-order valence-electron chi connectivity index (χ1n) is 20.2. The summed E-state index contributed by atoms with van der Waals surface area (Å²) in [5.74, 6) is 0. The summed E-state index contributed by atoms with van der Waals surface area (Å²) in [6, 6.07) is 47.1. The fraction of sp³-hybridized carbons (Fsp3) is 0.120. The van der Waals surface area contributed by atoms with Gasteiger partial charge in [0.15, 0.2) is 0 Å². The van der Waals surface area contributed by atoms with Gasteiger partial charge in [0.05, 0.1) is 56.9 Å². The van der Waals surface area contributed by atoms with E-state index in [0.717, 1.165) is 89.3 Å². The van der Waals surface area contributed by atoms with E-state index in [1.807, 2.05) is 163 Å². The number of hydrogen-bond donors (Lipinski definition) is 2. The topological polar surface area (TPSA) is 148 Å². The molecular formula is C50H44N12. The van der Waals surface area contributed by atoms with Crippen LogP contribution in [-0.2, 0) is 0 Å². The Hall–Kier alpha value is -8.12. The lowest BCUT2D eigenvalue weighted by molar-refractivity contribution is 1.17. The number of aryl methyl sites for hydroxylation is 4. The number of hydrogen-bond acceptors (Lipinski definition) is 12. The van der Waals surface area contributed by atoms with Gasteiger partial charge in [0.2, 0.25) is 0 Å². The number of rotatable bonds is 12. The minimum atomic E-state index is 0.691. The highest BCUT2D eigenvalue weighted by Gasteiger charge is 2.09. The molecule has 62 heavy (non-hydrogen) atoms. The van der Waals surface area contributed by atoms with E-state index in [1.54, 1.807) is 0 Å². The van der Waals surface area contributed by atoms with E-state index in [4.69, 9.17) is 0 Å². The first-order chi connectivity index (χ1) is 30.3. The van der Waals surface area contributed by atoms with Gasteiger partial charge in [0.1, 0.15) is 0 Å². The van der Waals surface area contributed by atoms with E-state index in [-0.39, 0.29) is 0 Å². The monoisotopic (exact) mass is 812 g/mol. The fourth-order valence-corrected chi connectivity index (χ4v) is 6.91. The molecule has 0 bridgehead atoms. The maximum atomic E-state index is 4.61. The van der Waals surface area contributed by atoms with Crippen molar-refractivity contribution in [3.63, 3.8) is 0 Å². The Labute approximate surface area is 360 Å². The molecule has 0 saturated heterocycles. The van der Waals surface area contributed by atoms with Gasteiger partial charge in [-0.2, -0.15) is 40.9 Å². The molecule has 0 radical (unpaired) electrons. The maximum absolute atomic E-state index is 4.61. The molecule has 0 aliphatic carbocycles. The van der Waals surface area contributed by atoms with Crippen molar-refractivity contribution in [2.75, 3.05) is 24.7 Å². The third kappa shape index (κ3) is 9.19. The quantitative estimate of drug-likeness (QED) is 0.118. The lowest BCUT2D eigenvalue weighted by Gasteiger charge is -2.08. The summed E-state index contributed by atoms with van der Waals surface area (Å²) in [5.41, 5.74) is 13.4. The van der Waals surface area contributed by atoms with Crippen LogP contribution >= 0.6 is 0 Å². The molecule has 304 valence electrons. The Kier molecular flexibility index (Phi) is 12.1. The Morgan fingerprint density at radius 1 is 0.274 bits per heavy atom. The molecule has 0 heterocycles. The largest absolute Gasteiger partial charge is 0.388 e. The van der Waals surface area contributed by atoms with Gasteiger partial charge in [-0.1, -0.05) is 48.5 Å². The third-order valence-corrected chi connectivity index (χ3v) is 10.4. The Bertz CT molecular complexity index is 2870. The van der Waals surface area contributed by atoms with Crippen LogP contribution in [0.15, 0.2) is 197 Å². The molecule has 2 N–H and O–H groups in total. The predicted molar refractivity (Wildman–Crippen MR) is 253 cm³/mol. The molecule has 12 heteroatoms. The second-order valence-corrected chi connectivity index (χ2v) is 14.7. The number of azo groups is 5. The molecule has 0 saturated carbocycles. The molecule has 12 nitrogen and oxygen atoms in total. The Morgan fingerprint density at radius 3 is 0.839 bits per heavy atom. The van der Waals surface area contributed by atoms with Gasteiger partial charge < -0.3 is 10.6 Å². The molecule has 0 amide bonds. The van der Waals surface area contributed by atoms with Crippen LogP contribution in [0.4, 0.5) is 68.2 Å². The van der Waals surface area contributed by atoms with Crippen LogP contribution in [0.1, 0.15) is 22.3 Å². The van der Waals surface area contributed by atoms with Crippen molar-refractivity contribution in [3.8, 4) is 0 Å². The zero-order chi connectivity index (χ0) is 43.0. The molecule has 0 aliphatic heterocycles. The van der Waals surface area contributed by atoms with E-state index in [1.165, 1.54) is 0 Å². The van der Waals surface area contributed by atoms with Crippen molar-refractivity contribution in [2.24, 2.45) is 51.1 Å². The average molecular weight is 813 g/mol. The molecule has 8 rings (SSSR count). The molecule has 0 atom stereocenters. The number of anilines is 2. The van der Waals surface area contributed by atoms with Crippen molar-refractivity contribution in [3.05, 3.63) is 168 Å². The fourth-order valence-electron chi connectivity index (χ4n) is 6.91. The maximum Gasteiger partial charge on any atom is 0.0936 e. The van der Waals surface area contributed by atoms with Gasteiger partial charge in [-0.25, -0.2) is 0 Å². The number of nitrogens with one attached hydrogen (secondary N) is 2. The van der Waals surface area contributed by atoms with E-state index in [2.05, 4.69) is 86.0 Å². The number of fused-ring (bicyclic) bond motifs is 2. The van der Waals surface area contributed by atoms with Crippen LogP contribution in [0.2, 0.25) is 0 Å². The number of nitrogens with zero attached hydrogens (tertiary/aromatic N) is 10. The molecule has 0 aromatic heterocycles. The van der Waals surface area contributed by atoms with Gasteiger partial charge in [-0.05, 0) is 147 Å². The van der Waals surface area contributed by atoms with Gasteiger partial charge in [-0.3, -0.25) is 0 Å². The smallest absolute Gasteiger partial charge is 0.0936 e. The molecule has 8 aromatic rings. The average Bonchev–Trinajstić information content (AvgIpc) is 3.30. The van der Waals surface area contributed by atoms with Crippen LogP contribution in [0, 0.1) is 27.7 Å². The summed E-state index contributed by atoms with van der Waals surface area (Å²) < 4.78 is 0. The molecule has 0 unspecified atom stereocenters. The summed E-state index contributed by atoms with van der Waals surface area (Å²) in [6.45, 7) is 7.98. The summed E-state index contributed by atoms with van der Waals surface area (Å²) >= 11 is 0. The highest BCUT2D eigenvalue weighted by Crippen LogP contribution is 2.37. The standard InChI is InChI=1S/C50H44N12/c1-31-29-49(61-57-45-25-23-43(51-5)39-11-7-9-13-41(39)45)33(3)27-47(31)59-55-37-19-15-35(16-20-37)53-54-36-17-21-38(22-18-36)56-60-48-28-34(4)50(30-32(48)2)62-58-46-26-24-44(52-6)40-12-8-10-14-42(40)46/h7-30,51-52H,1-6H3/b54-53+,59-55?,60-56?,61-57?,62-58?. The van der Waals surface area contributed by atoms with Crippen molar-refractivity contribution < 1.29 is 0 Å².